The van der Waals surface area contributed by atoms with Gasteiger partial charge in [0.05, 0.1) is 11.6 Å². The molecular formula is C24H21NO3. The van der Waals surface area contributed by atoms with Crippen molar-refractivity contribution in [1.82, 2.24) is 0 Å². The maximum Gasteiger partial charge on any atom is 0.162 e. The molecule has 0 aliphatic carbocycles. The van der Waals surface area contributed by atoms with Crippen molar-refractivity contribution in [2.75, 3.05) is 6.61 Å². The Morgan fingerprint density at radius 3 is 2.54 bits per heavy atom. The first-order chi connectivity index (χ1) is 13.6. The summed E-state index contributed by atoms with van der Waals surface area (Å²) in [5.41, 5.74) is 5.30. The van der Waals surface area contributed by atoms with E-state index in [4.69, 9.17) is 19.5 Å². The number of hydrogen-bond donors (Lipinski definition) is 0. The summed E-state index contributed by atoms with van der Waals surface area (Å²) in [7, 11) is 0. The maximum atomic E-state index is 8.98. The van der Waals surface area contributed by atoms with Gasteiger partial charge in [-0.05, 0) is 60.4 Å². The standard InChI is InChI=1S/C24H21NO3/c1-16-3-4-19(11-17(16)2)14-26-21-8-6-20(7-9-21)24-15-27-23-12-18(13-25)5-10-22(23)28-24/h3-12,24H,14-15H2,1-2H3. The monoisotopic (exact) mass is 371 g/mol. The van der Waals surface area contributed by atoms with E-state index in [1.54, 1.807) is 18.2 Å². The summed E-state index contributed by atoms with van der Waals surface area (Å²) in [6.07, 6.45) is -0.186. The van der Waals surface area contributed by atoms with Crippen LogP contribution in [0.15, 0.2) is 60.7 Å². The van der Waals surface area contributed by atoms with Crippen molar-refractivity contribution in [3.8, 4) is 23.3 Å². The summed E-state index contributed by atoms with van der Waals surface area (Å²) in [6, 6.07) is 21.6. The SMILES string of the molecule is Cc1ccc(COc2ccc(C3COc4cc(C#N)ccc4O3)cc2)cc1C. The molecule has 3 aromatic rings. The molecule has 0 amide bonds. The molecule has 1 aliphatic heterocycles. The normalized spacial score (nSPS) is 15.0. The summed E-state index contributed by atoms with van der Waals surface area (Å²) < 4.78 is 17.7. The van der Waals surface area contributed by atoms with Gasteiger partial charge in [0.1, 0.15) is 19.0 Å². The molecule has 140 valence electrons. The minimum atomic E-state index is -0.186. The van der Waals surface area contributed by atoms with Gasteiger partial charge < -0.3 is 14.2 Å². The van der Waals surface area contributed by atoms with Crippen LogP contribution in [0.3, 0.4) is 0 Å². The van der Waals surface area contributed by atoms with Crippen LogP contribution in [-0.4, -0.2) is 6.61 Å². The molecule has 0 radical (unpaired) electrons. The van der Waals surface area contributed by atoms with Crippen LogP contribution in [0, 0.1) is 25.2 Å². The van der Waals surface area contributed by atoms with Gasteiger partial charge in [0.15, 0.2) is 17.6 Å². The number of nitriles is 1. The summed E-state index contributed by atoms with van der Waals surface area (Å²) >= 11 is 0. The Morgan fingerprint density at radius 2 is 1.79 bits per heavy atom. The molecular weight excluding hydrogens is 350 g/mol. The number of hydrogen-bond acceptors (Lipinski definition) is 4. The third kappa shape index (κ3) is 3.79. The highest BCUT2D eigenvalue weighted by Gasteiger charge is 2.23. The predicted molar refractivity (Wildman–Crippen MR) is 107 cm³/mol. The molecule has 1 atom stereocenters. The molecule has 0 saturated heterocycles. The summed E-state index contributed by atoms with van der Waals surface area (Å²) in [4.78, 5) is 0. The van der Waals surface area contributed by atoms with Crippen molar-refractivity contribution >= 4 is 0 Å². The zero-order valence-electron chi connectivity index (χ0n) is 15.9. The molecule has 0 spiro atoms. The lowest BCUT2D eigenvalue weighted by molar-refractivity contribution is 0.0912. The Balaban J connectivity index is 1.40. The molecule has 0 bridgehead atoms. The van der Waals surface area contributed by atoms with Crippen LogP contribution in [-0.2, 0) is 6.61 Å². The van der Waals surface area contributed by atoms with Crippen molar-refractivity contribution in [1.29, 1.82) is 5.26 Å². The average molecular weight is 371 g/mol. The van der Waals surface area contributed by atoms with Crippen LogP contribution in [0.1, 0.15) is 33.9 Å². The van der Waals surface area contributed by atoms with Crippen molar-refractivity contribution in [2.24, 2.45) is 0 Å². The van der Waals surface area contributed by atoms with E-state index in [0.29, 0.717) is 30.3 Å². The van der Waals surface area contributed by atoms with E-state index >= 15 is 0 Å². The molecule has 1 unspecified atom stereocenters. The Morgan fingerprint density at radius 1 is 0.964 bits per heavy atom. The molecule has 4 heteroatoms. The van der Waals surface area contributed by atoms with Gasteiger partial charge in [-0.15, -0.1) is 0 Å². The lowest BCUT2D eigenvalue weighted by Gasteiger charge is -2.27. The molecule has 1 aliphatic rings. The van der Waals surface area contributed by atoms with Crippen molar-refractivity contribution in [2.45, 2.75) is 26.6 Å². The smallest absolute Gasteiger partial charge is 0.162 e. The van der Waals surface area contributed by atoms with Crippen molar-refractivity contribution in [3.63, 3.8) is 0 Å². The fraction of sp³-hybridized carbons (Fsp3) is 0.208. The summed E-state index contributed by atoms with van der Waals surface area (Å²) in [6.45, 7) is 5.17. The Bertz CT molecular complexity index is 1030. The van der Waals surface area contributed by atoms with Gasteiger partial charge in [-0.1, -0.05) is 30.3 Å². The minimum absolute atomic E-state index is 0.186. The number of ether oxygens (including phenoxy) is 3. The van der Waals surface area contributed by atoms with E-state index in [2.05, 4.69) is 38.1 Å². The Hall–Kier alpha value is -3.45. The van der Waals surface area contributed by atoms with Gasteiger partial charge in [-0.3, -0.25) is 0 Å². The Kier molecular flexibility index (Phi) is 4.90. The van der Waals surface area contributed by atoms with Crippen LogP contribution in [0.2, 0.25) is 0 Å². The fourth-order valence-corrected chi connectivity index (χ4v) is 3.14. The molecule has 4 rings (SSSR count). The van der Waals surface area contributed by atoms with Gasteiger partial charge >= 0.3 is 0 Å². The number of aryl methyl sites for hydroxylation is 2. The van der Waals surface area contributed by atoms with Crippen LogP contribution in [0.4, 0.5) is 0 Å². The third-order valence-electron chi connectivity index (χ3n) is 4.96. The minimum Gasteiger partial charge on any atom is -0.489 e. The fourth-order valence-electron chi connectivity index (χ4n) is 3.14. The van der Waals surface area contributed by atoms with Crippen LogP contribution < -0.4 is 14.2 Å². The third-order valence-corrected chi connectivity index (χ3v) is 4.96. The van der Waals surface area contributed by atoms with Gasteiger partial charge in [-0.25, -0.2) is 0 Å². The molecule has 0 saturated carbocycles. The second-order valence-electron chi connectivity index (χ2n) is 6.97. The van der Waals surface area contributed by atoms with E-state index in [0.717, 1.165) is 16.9 Å². The van der Waals surface area contributed by atoms with E-state index in [1.807, 2.05) is 24.3 Å². The zero-order valence-corrected chi connectivity index (χ0v) is 15.9. The molecule has 28 heavy (non-hydrogen) atoms. The predicted octanol–water partition coefficient (Wildman–Crippen LogP) is 5.27. The second kappa shape index (κ2) is 7.66. The van der Waals surface area contributed by atoms with E-state index in [-0.39, 0.29) is 6.10 Å². The maximum absolute atomic E-state index is 8.98. The number of fused-ring (bicyclic) bond motifs is 1. The van der Waals surface area contributed by atoms with Crippen molar-refractivity contribution < 1.29 is 14.2 Å². The first kappa shape index (κ1) is 17.9. The van der Waals surface area contributed by atoms with E-state index < -0.39 is 0 Å². The van der Waals surface area contributed by atoms with Crippen LogP contribution >= 0.6 is 0 Å². The van der Waals surface area contributed by atoms with Gasteiger partial charge in [0.2, 0.25) is 0 Å². The lowest BCUT2D eigenvalue weighted by atomic mass is 10.1. The zero-order chi connectivity index (χ0) is 19.5. The molecule has 1 heterocycles. The number of rotatable bonds is 4. The summed E-state index contributed by atoms with van der Waals surface area (Å²) in [5.74, 6) is 2.09. The topological polar surface area (TPSA) is 51.5 Å². The number of benzene rings is 3. The van der Waals surface area contributed by atoms with E-state index in [9.17, 15) is 0 Å². The highest BCUT2D eigenvalue weighted by atomic mass is 16.6. The first-order valence-electron chi connectivity index (χ1n) is 9.25. The highest BCUT2D eigenvalue weighted by molar-refractivity contribution is 5.48. The number of nitrogens with zero attached hydrogens (tertiary/aromatic N) is 1. The average Bonchev–Trinajstić information content (AvgIpc) is 2.74. The molecule has 0 fully saturated rings. The molecule has 0 aromatic heterocycles. The lowest BCUT2D eigenvalue weighted by Crippen LogP contribution is -2.21. The van der Waals surface area contributed by atoms with Gasteiger partial charge in [0, 0.05) is 6.07 Å². The Labute approximate surface area is 164 Å². The van der Waals surface area contributed by atoms with Gasteiger partial charge in [-0.2, -0.15) is 5.26 Å². The largest absolute Gasteiger partial charge is 0.489 e. The second-order valence-corrected chi connectivity index (χ2v) is 6.97. The molecule has 3 aromatic carbocycles. The first-order valence-corrected chi connectivity index (χ1v) is 9.25. The molecule has 4 nitrogen and oxygen atoms in total. The van der Waals surface area contributed by atoms with Crippen LogP contribution in [0.25, 0.3) is 0 Å². The molecule has 0 N–H and O–H groups in total. The summed E-state index contributed by atoms with van der Waals surface area (Å²) in [5, 5.41) is 8.98. The van der Waals surface area contributed by atoms with Crippen molar-refractivity contribution in [3.05, 3.63) is 88.5 Å². The van der Waals surface area contributed by atoms with Crippen LogP contribution in [0.5, 0.6) is 17.2 Å². The van der Waals surface area contributed by atoms with Gasteiger partial charge in [0.25, 0.3) is 0 Å². The van der Waals surface area contributed by atoms with E-state index in [1.165, 1.54) is 11.1 Å². The quantitative estimate of drug-likeness (QED) is 0.627. The highest BCUT2D eigenvalue weighted by Crippen LogP contribution is 2.37.